The van der Waals surface area contributed by atoms with Gasteiger partial charge in [-0.15, -0.1) is 24.2 Å². The van der Waals surface area contributed by atoms with Crippen LogP contribution in [0.3, 0.4) is 0 Å². The molecule has 0 aliphatic carbocycles. The first-order valence-electron chi connectivity index (χ1n) is 9.85. The maximum Gasteiger partial charge on any atom is 0.123 e. The van der Waals surface area contributed by atoms with Gasteiger partial charge in [0.1, 0.15) is 5.82 Å². The molecule has 150 valence electrons. The second kappa shape index (κ2) is 9.82. The Morgan fingerprint density at radius 1 is 1.14 bits per heavy atom. The number of rotatable bonds is 6. The summed E-state index contributed by atoms with van der Waals surface area (Å²) in [5.41, 5.74) is 3.79. The number of fused-ring (bicyclic) bond motifs is 1. The molecule has 2 aromatic carbocycles. The van der Waals surface area contributed by atoms with Crippen molar-refractivity contribution in [3.63, 3.8) is 0 Å². The number of nitrogens with zero attached hydrogens (tertiary/aromatic N) is 1. The summed E-state index contributed by atoms with van der Waals surface area (Å²) in [7, 11) is 0. The van der Waals surface area contributed by atoms with Crippen molar-refractivity contribution >= 4 is 35.1 Å². The Morgan fingerprint density at radius 2 is 1.93 bits per heavy atom. The fourth-order valence-electron chi connectivity index (χ4n) is 4.32. The van der Waals surface area contributed by atoms with E-state index < -0.39 is 0 Å². The Morgan fingerprint density at radius 3 is 2.71 bits per heavy atom. The molecule has 0 amide bonds. The molecule has 1 aliphatic heterocycles. The van der Waals surface area contributed by atoms with Crippen molar-refractivity contribution in [3.05, 3.63) is 65.6 Å². The van der Waals surface area contributed by atoms with Crippen molar-refractivity contribution in [2.75, 3.05) is 25.9 Å². The number of piperidine rings is 1. The lowest BCUT2D eigenvalue weighted by Crippen LogP contribution is -2.34. The van der Waals surface area contributed by atoms with Gasteiger partial charge >= 0.3 is 0 Å². The predicted octanol–water partition coefficient (Wildman–Crippen LogP) is 6.26. The zero-order valence-corrected chi connectivity index (χ0v) is 17.9. The van der Waals surface area contributed by atoms with E-state index in [0.717, 1.165) is 30.3 Å². The van der Waals surface area contributed by atoms with Gasteiger partial charge in [-0.05, 0) is 92.9 Å². The Balaban J connectivity index is 0.00000225. The van der Waals surface area contributed by atoms with E-state index in [1.54, 1.807) is 6.07 Å². The van der Waals surface area contributed by atoms with E-state index in [0.29, 0.717) is 5.92 Å². The van der Waals surface area contributed by atoms with Gasteiger partial charge in [0.05, 0.1) is 0 Å². The number of aromatic nitrogens is 1. The third kappa shape index (κ3) is 4.73. The van der Waals surface area contributed by atoms with E-state index in [1.165, 1.54) is 48.0 Å². The number of likely N-dealkylation sites (tertiary alicyclic amines) is 1. The first-order valence-corrected chi connectivity index (χ1v) is 11.1. The number of H-pyrrole nitrogens is 1. The smallest absolute Gasteiger partial charge is 0.123 e. The van der Waals surface area contributed by atoms with Crippen molar-refractivity contribution in [3.8, 4) is 0 Å². The Labute approximate surface area is 177 Å². The van der Waals surface area contributed by atoms with Gasteiger partial charge in [-0.2, -0.15) is 0 Å². The van der Waals surface area contributed by atoms with Crippen LogP contribution in [-0.2, 0) is 6.42 Å². The standard InChI is InChI=1S/C23H27FN2S.ClH/c1-27-23-7-3-2-6-20(23)17-10-13-26(14-11-17)12-4-5-18-16-25-22-9-8-19(24)15-21(18)22;/h2-3,6-9,15-17,25H,4-5,10-14H2,1H3;1H. The van der Waals surface area contributed by atoms with Crippen LogP contribution in [0.15, 0.2) is 53.6 Å². The van der Waals surface area contributed by atoms with Crippen LogP contribution in [-0.4, -0.2) is 35.8 Å². The number of hydrogen-bond donors (Lipinski definition) is 1. The molecule has 0 atom stereocenters. The summed E-state index contributed by atoms with van der Waals surface area (Å²) in [5, 5.41) is 1.03. The lowest BCUT2D eigenvalue weighted by molar-refractivity contribution is 0.209. The van der Waals surface area contributed by atoms with Crippen molar-refractivity contribution in [2.24, 2.45) is 0 Å². The molecule has 0 bridgehead atoms. The molecule has 0 saturated carbocycles. The molecule has 0 unspecified atom stereocenters. The van der Waals surface area contributed by atoms with Crippen LogP contribution in [0.1, 0.15) is 36.3 Å². The molecule has 1 N–H and O–H groups in total. The molecular formula is C23H28ClFN2S. The van der Waals surface area contributed by atoms with Gasteiger partial charge in [-0.3, -0.25) is 0 Å². The van der Waals surface area contributed by atoms with Gasteiger partial charge < -0.3 is 9.88 Å². The topological polar surface area (TPSA) is 19.0 Å². The average molecular weight is 419 g/mol. The minimum absolute atomic E-state index is 0. The number of hydrogen-bond acceptors (Lipinski definition) is 2. The van der Waals surface area contributed by atoms with E-state index in [9.17, 15) is 4.39 Å². The summed E-state index contributed by atoms with van der Waals surface area (Å²) in [4.78, 5) is 7.28. The highest BCUT2D eigenvalue weighted by Crippen LogP contribution is 2.34. The lowest BCUT2D eigenvalue weighted by atomic mass is 9.89. The molecule has 2 nitrogen and oxygen atoms in total. The van der Waals surface area contributed by atoms with E-state index >= 15 is 0 Å². The SMILES string of the molecule is CSc1ccccc1C1CCN(CCCc2c[nH]c3ccc(F)cc23)CC1.Cl. The van der Waals surface area contributed by atoms with Crippen molar-refractivity contribution in [1.29, 1.82) is 0 Å². The molecule has 4 rings (SSSR count). The van der Waals surface area contributed by atoms with Gasteiger partial charge in [-0.25, -0.2) is 4.39 Å². The van der Waals surface area contributed by atoms with Crippen molar-refractivity contribution < 1.29 is 4.39 Å². The highest BCUT2D eigenvalue weighted by Gasteiger charge is 2.22. The zero-order valence-electron chi connectivity index (χ0n) is 16.3. The Hall–Kier alpha value is -1.49. The van der Waals surface area contributed by atoms with Crippen LogP contribution in [0, 0.1) is 5.82 Å². The van der Waals surface area contributed by atoms with Crippen LogP contribution in [0.4, 0.5) is 4.39 Å². The fraction of sp³-hybridized carbons (Fsp3) is 0.391. The van der Waals surface area contributed by atoms with E-state index in [4.69, 9.17) is 0 Å². The van der Waals surface area contributed by atoms with Gasteiger partial charge in [0.25, 0.3) is 0 Å². The summed E-state index contributed by atoms with van der Waals surface area (Å²) >= 11 is 1.86. The number of aromatic amines is 1. The van der Waals surface area contributed by atoms with E-state index in [-0.39, 0.29) is 18.2 Å². The molecular weight excluding hydrogens is 391 g/mol. The van der Waals surface area contributed by atoms with E-state index in [1.807, 2.05) is 24.0 Å². The normalized spacial score (nSPS) is 15.6. The molecule has 1 aromatic heterocycles. The van der Waals surface area contributed by atoms with Crippen LogP contribution in [0.2, 0.25) is 0 Å². The molecule has 3 aromatic rings. The summed E-state index contributed by atoms with van der Waals surface area (Å²) in [6.07, 6.45) is 8.82. The van der Waals surface area contributed by atoms with Gasteiger partial charge in [0.15, 0.2) is 0 Å². The van der Waals surface area contributed by atoms with Gasteiger partial charge in [0, 0.05) is 22.0 Å². The maximum atomic E-state index is 13.5. The summed E-state index contributed by atoms with van der Waals surface area (Å²) < 4.78 is 13.5. The van der Waals surface area contributed by atoms with Crippen LogP contribution in [0.25, 0.3) is 10.9 Å². The maximum absolute atomic E-state index is 13.5. The van der Waals surface area contributed by atoms with Crippen molar-refractivity contribution in [1.82, 2.24) is 9.88 Å². The minimum Gasteiger partial charge on any atom is -0.361 e. The second-order valence-corrected chi connectivity index (χ2v) is 8.31. The van der Waals surface area contributed by atoms with E-state index in [2.05, 4.69) is 40.4 Å². The Bertz CT molecular complexity index is 903. The Kier molecular flexibility index (Phi) is 7.44. The minimum atomic E-state index is -0.157. The number of thioether (sulfide) groups is 1. The molecule has 28 heavy (non-hydrogen) atoms. The van der Waals surface area contributed by atoms with Crippen LogP contribution < -0.4 is 0 Å². The molecule has 5 heteroatoms. The molecule has 1 aliphatic rings. The largest absolute Gasteiger partial charge is 0.361 e. The highest BCUT2D eigenvalue weighted by molar-refractivity contribution is 7.98. The number of benzene rings is 2. The quantitative estimate of drug-likeness (QED) is 0.476. The van der Waals surface area contributed by atoms with Gasteiger partial charge in [-0.1, -0.05) is 18.2 Å². The highest BCUT2D eigenvalue weighted by atomic mass is 35.5. The monoisotopic (exact) mass is 418 g/mol. The summed E-state index contributed by atoms with van der Waals surface area (Å²) in [6, 6.07) is 13.9. The summed E-state index contributed by atoms with van der Waals surface area (Å²) in [5.74, 6) is 0.539. The third-order valence-electron chi connectivity index (χ3n) is 5.82. The molecule has 2 heterocycles. The molecule has 0 radical (unpaired) electrons. The number of halogens is 2. The molecule has 0 spiro atoms. The molecule has 1 fully saturated rings. The zero-order chi connectivity index (χ0) is 18.6. The third-order valence-corrected chi connectivity index (χ3v) is 6.63. The second-order valence-electron chi connectivity index (χ2n) is 7.47. The van der Waals surface area contributed by atoms with Crippen LogP contribution >= 0.6 is 24.2 Å². The lowest BCUT2D eigenvalue weighted by Gasteiger charge is -2.32. The van der Waals surface area contributed by atoms with Crippen LogP contribution in [0.5, 0.6) is 0 Å². The first kappa shape index (κ1) is 21.2. The van der Waals surface area contributed by atoms with Crippen molar-refractivity contribution in [2.45, 2.75) is 36.5 Å². The first-order chi connectivity index (χ1) is 13.2. The molecule has 1 saturated heterocycles. The predicted molar refractivity (Wildman–Crippen MR) is 120 cm³/mol. The van der Waals surface area contributed by atoms with Gasteiger partial charge in [0.2, 0.25) is 0 Å². The number of nitrogens with one attached hydrogen (secondary N) is 1. The summed E-state index contributed by atoms with van der Waals surface area (Å²) in [6.45, 7) is 3.48. The number of aryl methyl sites for hydroxylation is 1. The average Bonchev–Trinajstić information content (AvgIpc) is 3.10. The fourth-order valence-corrected chi connectivity index (χ4v) is 5.01.